The molecule has 2 spiro atoms. The lowest BCUT2D eigenvalue weighted by Crippen LogP contribution is -2.53. The summed E-state index contributed by atoms with van der Waals surface area (Å²) in [4.78, 5) is 28.0. The number of amides is 2. The fourth-order valence-corrected chi connectivity index (χ4v) is 5.64. The third-order valence-corrected chi connectivity index (χ3v) is 7.40. The van der Waals surface area contributed by atoms with E-state index in [1.54, 1.807) is 23.8 Å². The Kier molecular flexibility index (Phi) is 3.76. The quantitative estimate of drug-likeness (QED) is 0.657. The van der Waals surface area contributed by atoms with Crippen molar-refractivity contribution in [2.75, 3.05) is 46.0 Å². The van der Waals surface area contributed by atoms with Gasteiger partial charge in [0, 0.05) is 52.1 Å². The van der Waals surface area contributed by atoms with Crippen molar-refractivity contribution in [3.63, 3.8) is 0 Å². The highest BCUT2D eigenvalue weighted by molar-refractivity contribution is 7.88. The van der Waals surface area contributed by atoms with Gasteiger partial charge in [0.15, 0.2) is 0 Å². The number of hydrogen-bond acceptors (Lipinski definition) is 4. The first-order valence-corrected chi connectivity index (χ1v) is 9.92. The summed E-state index contributed by atoms with van der Waals surface area (Å²) in [5.74, 6) is 0.113. The molecule has 0 N–H and O–H groups in total. The Morgan fingerprint density at radius 3 is 2.13 bits per heavy atom. The maximum atomic E-state index is 12.9. The number of carbonyl (C=O) groups excluding carboxylic acids is 2. The van der Waals surface area contributed by atoms with Gasteiger partial charge in [-0.2, -0.15) is 0 Å². The highest BCUT2D eigenvalue weighted by Gasteiger charge is 2.66. The Morgan fingerprint density at radius 2 is 1.70 bits per heavy atom. The van der Waals surface area contributed by atoms with Gasteiger partial charge in [0.25, 0.3) is 0 Å². The molecule has 3 rings (SSSR count). The summed E-state index contributed by atoms with van der Waals surface area (Å²) < 4.78 is 25.7. The number of nitrogens with zero attached hydrogens (tertiary/aromatic N) is 3. The number of hydrogen-bond donors (Lipinski definition) is 0. The first-order valence-electron chi connectivity index (χ1n) is 8.08. The highest BCUT2D eigenvalue weighted by atomic mass is 32.2. The number of rotatable bonds is 1. The van der Waals surface area contributed by atoms with Crippen LogP contribution in [0, 0.1) is 10.8 Å². The second-order valence-electron chi connectivity index (χ2n) is 7.38. The number of likely N-dealkylation sites (tertiary alicyclic amines) is 2. The van der Waals surface area contributed by atoms with Crippen molar-refractivity contribution in [1.29, 1.82) is 0 Å². The first kappa shape index (κ1) is 16.7. The van der Waals surface area contributed by atoms with Crippen molar-refractivity contribution in [3.8, 4) is 0 Å². The molecule has 8 heteroatoms. The molecule has 1 atom stereocenters. The van der Waals surface area contributed by atoms with Crippen molar-refractivity contribution in [3.05, 3.63) is 0 Å². The van der Waals surface area contributed by atoms with Crippen LogP contribution in [0.25, 0.3) is 0 Å². The smallest absolute Gasteiger partial charge is 0.230 e. The minimum Gasteiger partial charge on any atom is -0.345 e. The van der Waals surface area contributed by atoms with Crippen molar-refractivity contribution >= 4 is 21.8 Å². The minimum absolute atomic E-state index is 0.0433. The molecule has 0 aromatic carbocycles. The molecule has 0 bridgehead atoms. The standard InChI is InChI=1S/C15H25N3O4S/c1-12(19)17-8-4-14(5-9-17)10-18(23(3,21)22)11-15(14)6-7-16(2)13(15)20/h4-11H2,1-3H3. The number of sulfonamides is 1. The van der Waals surface area contributed by atoms with Crippen LogP contribution in [0.5, 0.6) is 0 Å². The average molecular weight is 343 g/mol. The SMILES string of the molecule is CC(=O)N1CCC2(CC1)CN(S(C)(=O)=O)CC21CCN(C)C1=O. The molecule has 7 nitrogen and oxygen atoms in total. The van der Waals surface area contributed by atoms with Gasteiger partial charge in [-0.25, -0.2) is 12.7 Å². The summed E-state index contributed by atoms with van der Waals surface area (Å²) in [6, 6.07) is 0. The summed E-state index contributed by atoms with van der Waals surface area (Å²) in [5.41, 5.74) is -0.961. The molecule has 3 aliphatic rings. The van der Waals surface area contributed by atoms with E-state index in [2.05, 4.69) is 0 Å². The van der Waals surface area contributed by atoms with Gasteiger partial charge in [0.1, 0.15) is 0 Å². The van der Waals surface area contributed by atoms with E-state index in [1.807, 2.05) is 0 Å². The molecule has 23 heavy (non-hydrogen) atoms. The second-order valence-corrected chi connectivity index (χ2v) is 9.36. The third kappa shape index (κ3) is 2.38. The Labute approximate surface area is 137 Å². The van der Waals surface area contributed by atoms with Crippen LogP contribution in [-0.4, -0.2) is 80.4 Å². The van der Waals surface area contributed by atoms with Crippen LogP contribution in [0.2, 0.25) is 0 Å². The maximum absolute atomic E-state index is 12.9. The van der Waals surface area contributed by atoms with Gasteiger partial charge in [0.2, 0.25) is 21.8 Å². The van der Waals surface area contributed by atoms with Gasteiger partial charge in [-0.05, 0) is 19.3 Å². The van der Waals surface area contributed by atoms with Gasteiger partial charge in [-0.3, -0.25) is 9.59 Å². The van der Waals surface area contributed by atoms with Crippen molar-refractivity contribution < 1.29 is 18.0 Å². The Bertz CT molecular complexity index is 639. The zero-order valence-electron chi connectivity index (χ0n) is 14.0. The molecule has 0 aromatic rings. The van der Waals surface area contributed by atoms with Crippen molar-refractivity contribution in [1.82, 2.24) is 14.1 Å². The lowest BCUT2D eigenvalue weighted by atomic mass is 9.60. The van der Waals surface area contributed by atoms with E-state index in [0.29, 0.717) is 45.4 Å². The van der Waals surface area contributed by atoms with Gasteiger partial charge in [-0.1, -0.05) is 0 Å². The molecule has 0 radical (unpaired) electrons. The second kappa shape index (κ2) is 5.17. The van der Waals surface area contributed by atoms with Crippen molar-refractivity contribution in [2.24, 2.45) is 10.8 Å². The molecule has 0 aromatic heterocycles. The van der Waals surface area contributed by atoms with Gasteiger partial charge < -0.3 is 9.80 Å². The number of fused-ring (bicyclic) bond motifs is 1. The number of piperidine rings is 1. The predicted molar refractivity (Wildman–Crippen MR) is 85.0 cm³/mol. The van der Waals surface area contributed by atoms with E-state index in [4.69, 9.17) is 0 Å². The topological polar surface area (TPSA) is 78.0 Å². The zero-order chi connectivity index (χ0) is 17.0. The van der Waals surface area contributed by atoms with Crippen LogP contribution in [0.3, 0.4) is 0 Å². The molecule has 3 aliphatic heterocycles. The van der Waals surface area contributed by atoms with E-state index in [9.17, 15) is 18.0 Å². The number of carbonyl (C=O) groups is 2. The van der Waals surface area contributed by atoms with E-state index in [-0.39, 0.29) is 23.8 Å². The van der Waals surface area contributed by atoms with E-state index in [1.165, 1.54) is 10.6 Å². The van der Waals surface area contributed by atoms with Crippen LogP contribution in [0.15, 0.2) is 0 Å². The highest BCUT2D eigenvalue weighted by Crippen LogP contribution is 2.58. The Hall–Kier alpha value is -1.15. The van der Waals surface area contributed by atoms with Gasteiger partial charge in [0.05, 0.1) is 11.7 Å². The molecular formula is C15H25N3O4S. The molecule has 3 saturated heterocycles. The van der Waals surface area contributed by atoms with Crippen LogP contribution in [0.1, 0.15) is 26.2 Å². The normalized spacial score (nSPS) is 31.5. The summed E-state index contributed by atoms with van der Waals surface area (Å²) >= 11 is 0. The van der Waals surface area contributed by atoms with Gasteiger partial charge >= 0.3 is 0 Å². The van der Waals surface area contributed by atoms with Gasteiger partial charge in [-0.15, -0.1) is 0 Å². The van der Waals surface area contributed by atoms with Crippen LogP contribution >= 0.6 is 0 Å². The zero-order valence-corrected chi connectivity index (χ0v) is 14.9. The molecule has 0 aliphatic carbocycles. The monoisotopic (exact) mass is 343 g/mol. The Balaban J connectivity index is 1.96. The van der Waals surface area contributed by atoms with E-state index < -0.39 is 15.4 Å². The summed E-state index contributed by atoms with van der Waals surface area (Å²) in [5, 5.41) is 0. The summed E-state index contributed by atoms with van der Waals surface area (Å²) in [7, 11) is -1.54. The summed E-state index contributed by atoms with van der Waals surface area (Å²) in [6.45, 7) is 4.12. The van der Waals surface area contributed by atoms with E-state index in [0.717, 1.165) is 0 Å². The molecular weight excluding hydrogens is 318 g/mol. The molecule has 3 fully saturated rings. The fraction of sp³-hybridized carbons (Fsp3) is 0.867. The van der Waals surface area contributed by atoms with Crippen LogP contribution < -0.4 is 0 Å². The van der Waals surface area contributed by atoms with Crippen molar-refractivity contribution in [2.45, 2.75) is 26.2 Å². The Morgan fingerprint density at radius 1 is 1.09 bits per heavy atom. The van der Waals surface area contributed by atoms with Crippen LogP contribution in [-0.2, 0) is 19.6 Å². The first-order chi connectivity index (χ1) is 10.6. The molecule has 3 heterocycles. The molecule has 0 saturated carbocycles. The third-order valence-electron chi connectivity index (χ3n) is 6.21. The molecule has 1 unspecified atom stereocenters. The maximum Gasteiger partial charge on any atom is 0.230 e. The predicted octanol–water partition coefficient (Wildman–Crippen LogP) is -0.261. The fourth-order valence-electron chi connectivity index (χ4n) is 4.71. The largest absolute Gasteiger partial charge is 0.345 e. The van der Waals surface area contributed by atoms with Crippen LogP contribution in [0.4, 0.5) is 0 Å². The summed E-state index contributed by atoms with van der Waals surface area (Å²) in [6.07, 6.45) is 3.30. The average Bonchev–Trinajstić information content (AvgIpc) is 2.94. The lowest BCUT2D eigenvalue weighted by molar-refractivity contribution is -0.142. The minimum atomic E-state index is -3.33. The molecule has 130 valence electrons. The molecule has 2 amide bonds. The lowest BCUT2D eigenvalue weighted by Gasteiger charge is -2.46. The van der Waals surface area contributed by atoms with E-state index >= 15 is 0 Å².